The first-order chi connectivity index (χ1) is 15.4. The molecule has 8 nitrogen and oxygen atoms in total. The molecule has 1 aromatic heterocycles. The number of hydrogen-bond donors (Lipinski definition) is 3. The number of benzene rings is 2. The lowest BCUT2D eigenvalue weighted by atomic mass is 9.88. The minimum absolute atomic E-state index is 0.0881. The summed E-state index contributed by atoms with van der Waals surface area (Å²) in [4.78, 5) is 24.8. The van der Waals surface area contributed by atoms with Crippen LogP contribution in [0.3, 0.4) is 0 Å². The van der Waals surface area contributed by atoms with Gasteiger partial charge in [-0.2, -0.15) is 15.2 Å². The monoisotopic (exact) mass is 446 g/mol. The number of carbonyl (C=O) groups is 2. The summed E-state index contributed by atoms with van der Waals surface area (Å²) in [6.45, 7) is 1.70. The van der Waals surface area contributed by atoms with Crippen molar-refractivity contribution in [3.8, 4) is 16.2 Å². The number of phenolic OH excluding ortho intramolecular Hbond substituents is 1. The van der Waals surface area contributed by atoms with Gasteiger partial charge < -0.3 is 10.2 Å². The Bertz CT molecular complexity index is 1340. The van der Waals surface area contributed by atoms with Crippen LogP contribution in [0.25, 0.3) is 10.4 Å². The van der Waals surface area contributed by atoms with Gasteiger partial charge >= 0.3 is 11.9 Å². The second-order valence-corrected chi connectivity index (χ2v) is 8.58. The van der Waals surface area contributed by atoms with E-state index in [0.29, 0.717) is 27.5 Å². The smallest absolute Gasteiger partial charge is 0.345 e. The fourth-order valence-electron chi connectivity index (χ4n) is 3.66. The summed E-state index contributed by atoms with van der Waals surface area (Å²) < 4.78 is 0. The van der Waals surface area contributed by atoms with E-state index in [1.165, 1.54) is 22.2 Å². The number of hydrazone groups is 2. The Morgan fingerprint density at radius 3 is 2.66 bits per heavy atom. The Labute approximate surface area is 187 Å². The number of nitrogens with zero attached hydrogens (tertiary/aromatic N) is 3. The number of para-hydroxylation sites is 1. The number of phenols is 1. The summed E-state index contributed by atoms with van der Waals surface area (Å²) in [6, 6.07) is 14.0. The van der Waals surface area contributed by atoms with Gasteiger partial charge in [0, 0.05) is 10.4 Å². The molecule has 0 spiro atoms. The third-order valence-electron chi connectivity index (χ3n) is 5.49. The van der Waals surface area contributed by atoms with Crippen molar-refractivity contribution in [2.45, 2.75) is 19.8 Å². The molecule has 0 saturated carbocycles. The van der Waals surface area contributed by atoms with Crippen LogP contribution < -0.4 is 10.4 Å². The van der Waals surface area contributed by atoms with E-state index in [2.05, 4.69) is 15.6 Å². The van der Waals surface area contributed by atoms with Crippen LogP contribution in [0, 0.1) is 0 Å². The molecule has 0 atom stereocenters. The number of carboxylic acids is 1. The van der Waals surface area contributed by atoms with Crippen LogP contribution in [0.15, 0.2) is 58.7 Å². The molecule has 0 fully saturated rings. The highest BCUT2D eigenvalue weighted by Gasteiger charge is 2.31. The molecule has 0 bridgehead atoms. The minimum Gasteiger partial charge on any atom is -0.505 e. The molecular formula is C23H18N4O4S. The van der Waals surface area contributed by atoms with Gasteiger partial charge in [-0.3, -0.25) is 10.2 Å². The topological polar surface area (TPSA) is 115 Å². The first kappa shape index (κ1) is 20.0. The molecule has 2 aromatic carbocycles. The number of aromatic hydroxyl groups is 1. The van der Waals surface area contributed by atoms with E-state index < -0.39 is 5.97 Å². The van der Waals surface area contributed by atoms with E-state index in [-0.39, 0.29) is 22.2 Å². The number of amides is 1. The van der Waals surface area contributed by atoms with Gasteiger partial charge in [-0.05, 0) is 67.3 Å². The Kier molecular flexibility index (Phi) is 4.75. The van der Waals surface area contributed by atoms with Gasteiger partial charge in [-0.1, -0.05) is 12.1 Å². The van der Waals surface area contributed by atoms with E-state index in [0.717, 1.165) is 24.2 Å². The molecule has 3 N–H and O–H groups in total. The lowest BCUT2D eigenvalue weighted by molar-refractivity contribution is -0.112. The molecule has 160 valence electrons. The van der Waals surface area contributed by atoms with Gasteiger partial charge in [-0.25, -0.2) is 4.79 Å². The van der Waals surface area contributed by atoms with Crippen LogP contribution in [0.5, 0.6) is 5.75 Å². The molecule has 0 radical (unpaired) electrons. The number of anilines is 2. The SMILES string of the molecule is CC1=NN(c2ccc3c(c2)CC3)C(=O)/C1=N\Nc1cccc(-c2ccc(C(=O)O)s2)c1O. The molecule has 3 aromatic rings. The van der Waals surface area contributed by atoms with Gasteiger partial charge in [0.15, 0.2) is 5.71 Å². The predicted octanol–water partition coefficient (Wildman–Crippen LogP) is 4.11. The normalized spacial score (nSPS) is 16.0. The zero-order valence-corrected chi connectivity index (χ0v) is 17.8. The third-order valence-corrected chi connectivity index (χ3v) is 6.60. The summed E-state index contributed by atoms with van der Waals surface area (Å²) in [5, 5.41) is 29.7. The highest BCUT2D eigenvalue weighted by atomic mass is 32.1. The van der Waals surface area contributed by atoms with Gasteiger partial charge in [0.2, 0.25) is 0 Å². The van der Waals surface area contributed by atoms with Crippen LogP contribution in [0.2, 0.25) is 0 Å². The molecular weight excluding hydrogens is 428 g/mol. The molecule has 2 aliphatic rings. The largest absolute Gasteiger partial charge is 0.505 e. The van der Waals surface area contributed by atoms with Crippen LogP contribution in [0.4, 0.5) is 11.4 Å². The lowest BCUT2D eigenvalue weighted by Gasteiger charge is -2.21. The number of carboxylic acid groups (broad SMARTS) is 1. The molecule has 9 heteroatoms. The number of rotatable bonds is 5. The molecule has 1 amide bonds. The van der Waals surface area contributed by atoms with Crippen LogP contribution in [-0.2, 0) is 17.6 Å². The van der Waals surface area contributed by atoms with Gasteiger partial charge in [0.25, 0.3) is 0 Å². The zero-order valence-electron chi connectivity index (χ0n) is 17.0. The van der Waals surface area contributed by atoms with E-state index in [1.54, 1.807) is 31.2 Å². The van der Waals surface area contributed by atoms with Crippen LogP contribution >= 0.6 is 11.3 Å². The second kappa shape index (κ2) is 7.61. The number of nitrogens with one attached hydrogen (secondary N) is 1. The fraction of sp³-hybridized carbons (Fsp3) is 0.130. The van der Waals surface area contributed by atoms with E-state index in [9.17, 15) is 14.7 Å². The average Bonchev–Trinajstić information content (AvgIpc) is 3.34. The molecule has 1 aliphatic heterocycles. The Balaban J connectivity index is 1.39. The summed E-state index contributed by atoms with van der Waals surface area (Å²) in [6.07, 6.45) is 2.07. The van der Waals surface area contributed by atoms with Crippen molar-refractivity contribution in [2.24, 2.45) is 10.2 Å². The molecule has 0 saturated heterocycles. The molecule has 1 aliphatic carbocycles. The molecule has 0 unspecified atom stereocenters. The van der Waals surface area contributed by atoms with E-state index in [1.807, 2.05) is 18.2 Å². The van der Waals surface area contributed by atoms with Crippen molar-refractivity contribution in [2.75, 3.05) is 10.4 Å². The standard InChI is InChI=1S/C23H18N4O4S/c1-12-20(22(29)27(26-12)15-8-7-13-5-6-14(13)11-15)25-24-17-4-2-3-16(21(17)28)18-9-10-19(32-18)23(30)31/h2-4,7-11,24,28H,5-6H2,1H3,(H,30,31)/b25-20-. The van der Waals surface area contributed by atoms with Crippen molar-refractivity contribution >= 4 is 46.0 Å². The summed E-state index contributed by atoms with van der Waals surface area (Å²) in [5.41, 5.74) is 7.37. The Morgan fingerprint density at radius 2 is 1.97 bits per heavy atom. The van der Waals surface area contributed by atoms with Crippen molar-refractivity contribution in [1.29, 1.82) is 0 Å². The highest BCUT2D eigenvalue weighted by molar-refractivity contribution is 7.17. The number of aryl methyl sites for hydroxylation is 2. The fourth-order valence-corrected chi connectivity index (χ4v) is 4.53. The summed E-state index contributed by atoms with van der Waals surface area (Å²) in [7, 11) is 0. The van der Waals surface area contributed by atoms with Crippen molar-refractivity contribution < 1.29 is 19.8 Å². The Hall–Kier alpha value is -3.98. The van der Waals surface area contributed by atoms with E-state index >= 15 is 0 Å². The van der Waals surface area contributed by atoms with Crippen LogP contribution in [0.1, 0.15) is 27.7 Å². The molecule has 5 rings (SSSR count). The van der Waals surface area contributed by atoms with Crippen molar-refractivity contribution in [1.82, 2.24) is 0 Å². The summed E-state index contributed by atoms with van der Waals surface area (Å²) >= 11 is 1.06. The van der Waals surface area contributed by atoms with Gasteiger partial charge in [-0.15, -0.1) is 11.3 Å². The Morgan fingerprint density at radius 1 is 1.16 bits per heavy atom. The number of thiophene rings is 1. The minimum atomic E-state index is -1.02. The van der Waals surface area contributed by atoms with Crippen LogP contribution in [-0.4, -0.2) is 33.5 Å². The van der Waals surface area contributed by atoms with E-state index in [4.69, 9.17) is 5.11 Å². The summed E-state index contributed by atoms with van der Waals surface area (Å²) in [5.74, 6) is -1.46. The zero-order chi connectivity index (χ0) is 22.4. The quantitative estimate of drug-likeness (QED) is 0.403. The maximum atomic E-state index is 12.9. The average molecular weight is 446 g/mol. The predicted molar refractivity (Wildman–Crippen MR) is 124 cm³/mol. The molecule has 32 heavy (non-hydrogen) atoms. The number of aromatic carboxylic acids is 1. The third kappa shape index (κ3) is 3.32. The lowest BCUT2D eigenvalue weighted by Crippen LogP contribution is -2.28. The highest BCUT2D eigenvalue weighted by Crippen LogP contribution is 2.39. The van der Waals surface area contributed by atoms with Gasteiger partial charge in [0.05, 0.1) is 17.1 Å². The first-order valence-corrected chi connectivity index (χ1v) is 10.7. The maximum Gasteiger partial charge on any atom is 0.345 e. The number of carbonyl (C=O) groups excluding carboxylic acids is 1. The number of hydrogen-bond acceptors (Lipinski definition) is 7. The van der Waals surface area contributed by atoms with Crippen molar-refractivity contribution in [3.05, 3.63) is 64.5 Å². The van der Waals surface area contributed by atoms with Crippen molar-refractivity contribution in [3.63, 3.8) is 0 Å². The maximum absolute atomic E-state index is 12.9. The molecule has 2 heterocycles. The van der Waals surface area contributed by atoms with Gasteiger partial charge in [0.1, 0.15) is 10.6 Å². The number of fused-ring (bicyclic) bond motifs is 1. The second-order valence-electron chi connectivity index (χ2n) is 7.50. The first-order valence-electron chi connectivity index (χ1n) is 9.93.